The summed E-state index contributed by atoms with van der Waals surface area (Å²) in [5, 5.41) is 2.72. The molecule has 1 aromatic carbocycles. The third-order valence-electron chi connectivity index (χ3n) is 8.38. The lowest BCUT2D eigenvalue weighted by molar-refractivity contribution is -0.132. The number of nitrogens with zero attached hydrogens (tertiary/aromatic N) is 2. The van der Waals surface area contributed by atoms with E-state index in [4.69, 9.17) is 10.5 Å². The van der Waals surface area contributed by atoms with Crippen molar-refractivity contribution in [3.05, 3.63) is 35.1 Å². The second-order valence-corrected chi connectivity index (χ2v) is 12.4. The summed E-state index contributed by atoms with van der Waals surface area (Å²) in [5.74, 6) is -1.60. The minimum atomic E-state index is -1.09. The molecule has 3 amide bonds. The number of benzene rings is 1. The van der Waals surface area contributed by atoms with E-state index in [9.17, 15) is 14.4 Å². The second-order valence-electron chi connectivity index (χ2n) is 12.4. The van der Waals surface area contributed by atoms with E-state index in [-0.39, 0.29) is 23.8 Å². The summed E-state index contributed by atoms with van der Waals surface area (Å²) in [7, 11) is 2.09. The average Bonchev–Trinajstić information content (AvgIpc) is 3.42. The molecule has 4 atom stereocenters. The lowest BCUT2D eigenvalue weighted by atomic mass is 9.74. The fourth-order valence-electron chi connectivity index (χ4n) is 6.09. The monoisotopic (exact) mass is 516 g/mol. The molecular formula is C28H41FN4O4. The van der Waals surface area contributed by atoms with E-state index in [1.54, 1.807) is 32.9 Å². The van der Waals surface area contributed by atoms with E-state index in [1.807, 2.05) is 6.07 Å². The first-order valence-corrected chi connectivity index (χ1v) is 13.4. The third-order valence-corrected chi connectivity index (χ3v) is 8.38. The predicted molar refractivity (Wildman–Crippen MR) is 138 cm³/mol. The number of hydrogen-bond acceptors (Lipinski definition) is 5. The van der Waals surface area contributed by atoms with Crippen LogP contribution in [-0.4, -0.2) is 71.6 Å². The highest BCUT2D eigenvalue weighted by Crippen LogP contribution is 2.43. The van der Waals surface area contributed by atoms with Crippen LogP contribution in [0.25, 0.3) is 0 Å². The number of piperidine rings is 2. The van der Waals surface area contributed by atoms with E-state index in [0.29, 0.717) is 5.56 Å². The number of rotatable bonds is 6. The number of amides is 3. The Labute approximate surface area is 219 Å². The molecule has 2 aliphatic heterocycles. The smallest absolute Gasteiger partial charge is 0.411 e. The molecule has 3 N–H and O–H groups in total. The van der Waals surface area contributed by atoms with E-state index >= 15 is 4.39 Å². The van der Waals surface area contributed by atoms with Gasteiger partial charge in [-0.1, -0.05) is 19.1 Å². The van der Waals surface area contributed by atoms with Crippen LogP contribution in [0.4, 0.5) is 9.18 Å². The Morgan fingerprint density at radius 3 is 2.49 bits per heavy atom. The lowest BCUT2D eigenvalue weighted by Crippen LogP contribution is -2.57. The molecule has 3 fully saturated rings. The molecule has 8 nitrogen and oxygen atoms in total. The standard InChI is InChI=1S/C28H41FN4O4/c1-27(2,3)37-26(36)33-20-9-7-18(14-20)23(33)25(35)31-22(24(30)34)15-17-6-8-19(16-21(17)29)28(4)10-12-32(5)13-11-28/h6,8,16,18,20,22-23H,7,9-15H2,1-5H3,(H2,30,34)(H,31,35)/t18-,20+,22-,23-/m0/s1. The summed E-state index contributed by atoms with van der Waals surface area (Å²) in [5.41, 5.74) is 6.10. The van der Waals surface area contributed by atoms with Crippen LogP contribution < -0.4 is 11.1 Å². The second kappa shape index (κ2) is 10.2. The maximum absolute atomic E-state index is 15.2. The van der Waals surface area contributed by atoms with Crippen molar-refractivity contribution in [2.45, 2.75) is 95.4 Å². The zero-order chi connectivity index (χ0) is 27.1. The number of likely N-dealkylation sites (tertiary alicyclic amines) is 2. The summed E-state index contributed by atoms with van der Waals surface area (Å²) in [4.78, 5) is 42.4. The fraction of sp³-hybridized carbons (Fsp3) is 0.679. The Hall–Kier alpha value is -2.68. The largest absolute Gasteiger partial charge is 0.444 e. The Morgan fingerprint density at radius 2 is 1.89 bits per heavy atom. The molecule has 2 saturated heterocycles. The van der Waals surface area contributed by atoms with Crippen LogP contribution in [0.1, 0.15) is 70.9 Å². The molecule has 0 spiro atoms. The van der Waals surface area contributed by atoms with Gasteiger partial charge in [0.15, 0.2) is 0 Å². The van der Waals surface area contributed by atoms with Crippen LogP contribution in [0.2, 0.25) is 0 Å². The van der Waals surface area contributed by atoms with Crippen LogP contribution >= 0.6 is 0 Å². The summed E-state index contributed by atoms with van der Waals surface area (Å²) >= 11 is 0. The van der Waals surface area contributed by atoms with Crippen molar-refractivity contribution < 1.29 is 23.5 Å². The van der Waals surface area contributed by atoms with Crippen LogP contribution in [0.5, 0.6) is 0 Å². The van der Waals surface area contributed by atoms with Gasteiger partial charge in [0.1, 0.15) is 23.5 Å². The quantitative estimate of drug-likeness (QED) is 0.605. The number of carbonyl (C=O) groups excluding carboxylic acids is 3. The molecule has 9 heteroatoms. The number of halogens is 1. The van der Waals surface area contributed by atoms with Crippen molar-refractivity contribution >= 4 is 17.9 Å². The van der Waals surface area contributed by atoms with Crippen molar-refractivity contribution in [3.63, 3.8) is 0 Å². The SMILES string of the molecule is CN1CCC(C)(c2ccc(C[C@H](NC(=O)[C@@H]3[C@H]4CC[C@H](C4)N3C(=O)OC(C)(C)C)C(N)=O)c(F)c2)CC1. The maximum atomic E-state index is 15.2. The highest BCUT2D eigenvalue weighted by atomic mass is 19.1. The van der Waals surface area contributed by atoms with E-state index in [0.717, 1.165) is 50.8 Å². The number of hydrogen-bond donors (Lipinski definition) is 2. The summed E-state index contributed by atoms with van der Waals surface area (Å²) < 4.78 is 20.8. The van der Waals surface area contributed by atoms with Crippen molar-refractivity contribution in [1.29, 1.82) is 0 Å². The number of nitrogens with one attached hydrogen (secondary N) is 1. The molecule has 1 saturated carbocycles. The number of ether oxygens (including phenoxy) is 1. The summed E-state index contributed by atoms with van der Waals surface area (Å²) in [6.45, 7) is 9.42. The van der Waals surface area contributed by atoms with Gasteiger partial charge in [0.05, 0.1) is 0 Å². The van der Waals surface area contributed by atoms with Crippen molar-refractivity contribution in [2.75, 3.05) is 20.1 Å². The van der Waals surface area contributed by atoms with Crippen molar-refractivity contribution in [3.8, 4) is 0 Å². The predicted octanol–water partition coefficient (Wildman–Crippen LogP) is 3.11. The molecule has 204 valence electrons. The summed E-state index contributed by atoms with van der Waals surface area (Å²) in [6, 6.07) is 3.29. The molecule has 0 aromatic heterocycles. The van der Waals surface area contributed by atoms with Gasteiger partial charge in [0, 0.05) is 12.5 Å². The van der Waals surface area contributed by atoms with Gasteiger partial charge in [-0.2, -0.15) is 0 Å². The third kappa shape index (κ3) is 5.92. The molecule has 0 unspecified atom stereocenters. The molecule has 2 bridgehead atoms. The Bertz CT molecular complexity index is 1050. The molecular weight excluding hydrogens is 475 g/mol. The van der Waals surface area contributed by atoms with Crippen molar-refractivity contribution in [2.24, 2.45) is 11.7 Å². The van der Waals surface area contributed by atoms with Gasteiger partial charge in [-0.15, -0.1) is 0 Å². The zero-order valence-electron chi connectivity index (χ0n) is 22.7. The van der Waals surface area contributed by atoms with Gasteiger partial charge < -0.3 is 20.7 Å². The Morgan fingerprint density at radius 1 is 1.22 bits per heavy atom. The fourth-order valence-corrected chi connectivity index (χ4v) is 6.09. The summed E-state index contributed by atoms with van der Waals surface area (Å²) in [6.07, 6.45) is 3.68. The number of fused-ring (bicyclic) bond motifs is 2. The molecule has 1 aromatic rings. The number of nitrogens with two attached hydrogens (primary N) is 1. The minimum absolute atomic E-state index is 0.00246. The zero-order valence-corrected chi connectivity index (χ0v) is 22.7. The molecule has 2 heterocycles. The van der Waals surface area contributed by atoms with Crippen molar-refractivity contribution in [1.82, 2.24) is 15.1 Å². The lowest BCUT2D eigenvalue weighted by Gasteiger charge is -2.38. The molecule has 1 aliphatic carbocycles. The van der Waals surface area contributed by atoms with Crippen LogP contribution in [0, 0.1) is 11.7 Å². The number of carbonyl (C=O) groups is 3. The van der Waals surface area contributed by atoms with E-state index in [1.165, 1.54) is 4.90 Å². The van der Waals surface area contributed by atoms with Gasteiger partial charge in [-0.05, 0) is 102 Å². The van der Waals surface area contributed by atoms with Gasteiger partial charge in [0.25, 0.3) is 0 Å². The molecule has 37 heavy (non-hydrogen) atoms. The minimum Gasteiger partial charge on any atom is -0.444 e. The molecule has 3 aliphatic rings. The molecule has 0 radical (unpaired) electrons. The average molecular weight is 517 g/mol. The first-order chi connectivity index (χ1) is 17.3. The van der Waals surface area contributed by atoms with E-state index in [2.05, 4.69) is 24.2 Å². The van der Waals surface area contributed by atoms with Gasteiger partial charge >= 0.3 is 6.09 Å². The highest BCUT2D eigenvalue weighted by Gasteiger charge is 2.52. The van der Waals surface area contributed by atoms with Crippen LogP contribution in [-0.2, 0) is 26.2 Å². The van der Waals surface area contributed by atoms with Gasteiger partial charge in [-0.25, -0.2) is 9.18 Å². The first-order valence-electron chi connectivity index (χ1n) is 13.4. The first kappa shape index (κ1) is 27.4. The van der Waals surface area contributed by atoms with Gasteiger partial charge in [-0.3, -0.25) is 14.5 Å². The van der Waals surface area contributed by atoms with Gasteiger partial charge in [0.2, 0.25) is 11.8 Å². The van der Waals surface area contributed by atoms with Crippen LogP contribution in [0.3, 0.4) is 0 Å². The van der Waals surface area contributed by atoms with Crippen LogP contribution in [0.15, 0.2) is 18.2 Å². The molecule has 4 rings (SSSR count). The Kier molecular flexibility index (Phi) is 7.57. The Balaban J connectivity index is 1.47. The highest BCUT2D eigenvalue weighted by molar-refractivity contribution is 5.91. The van der Waals surface area contributed by atoms with E-state index < -0.39 is 41.4 Å². The normalized spacial score (nSPS) is 26.1. The topological polar surface area (TPSA) is 105 Å². The number of primary amides is 1. The maximum Gasteiger partial charge on any atom is 0.411 e.